The number of hydrogen-bond acceptors (Lipinski definition) is 4. The smallest absolute Gasteiger partial charge is 0.161 e. The van der Waals surface area contributed by atoms with Gasteiger partial charge in [-0.25, -0.2) is 0 Å². The number of hydrogen-bond donors (Lipinski definition) is 0. The molecule has 0 bridgehead atoms. The van der Waals surface area contributed by atoms with Gasteiger partial charge in [0.05, 0.1) is 19.8 Å². The molecule has 0 saturated carbocycles. The number of rotatable bonds is 5. The molecule has 0 amide bonds. The maximum Gasteiger partial charge on any atom is 0.161 e. The average molecular weight is 234 g/mol. The molecule has 0 N–H and O–H groups in total. The fourth-order valence-electron chi connectivity index (χ4n) is 1.62. The molecule has 1 atom stereocenters. The first-order chi connectivity index (χ1) is 8.13. The Kier molecular flexibility index (Phi) is 4.80. The molecule has 0 aliphatic rings. The van der Waals surface area contributed by atoms with Gasteiger partial charge in [-0.05, 0) is 38.7 Å². The minimum absolute atomic E-state index is 0.278. The highest BCUT2D eigenvalue weighted by Crippen LogP contribution is 2.31. The minimum Gasteiger partial charge on any atom is -0.493 e. The molecule has 0 spiro atoms. The van der Waals surface area contributed by atoms with E-state index in [1.165, 1.54) is 0 Å². The molecule has 0 fully saturated rings. The summed E-state index contributed by atoms with van der Waals surface area (Å²) in [6.07, 6.45) is 0. The number of nitriles is 1. The van der Waals surface area contributed by atoms with Crippen LogP contribution in [0.2, 0.25) is 0 Å². The number of nitrogens with zero attached hydrogens (tertiary/aromatic N) is 2. The lowest BCUT2D eigenvalue weighted by Gasteiger charge is -2.19. The highest BCUT2D eigenvalue weighted by atomic mass is 16.5. The van der Waals surface area contributed by atoms with E-state index < -0.39 is 0 Å². The number of benzene rings is 1. The summed E-state index contributed by atoms with van der Waals surface area (Å²) in [5.41, 5.74) is 0.901. The molecule has 4 nitrogen and oxygen atoms in total. The van der Waals surface area contributed by atoms with Crippen LogP contribution in [-0.4, -0.2) is 32.7 Å². The van der Waals surface area contributed by atoms with E-state index in [-0.39, 0.29) is 6.04 Å². The molecule has 0 radical (unpaired) electrons. The third-order valence-electron chi connectivity index (χ3n) is 2.44. The van der Waals surface area contributed by atoms with Crippen LogP contribution < -0.4 is 9.47 Å². The van der Waals surface area contributed by atoms with Crippen LogP contribution in [0.3, 0.4) is 0 Å². The molecule has 0 heterocycles. The third-order valence-corrected chi connectivity index (χ3v) is 2.44. The molecule has 0 aliphatic carbocycles. The van der Waals surface area contributed by atoms with Gasteiger partial charge in [0.1, 0.15) is 6.04 Å². The van der Waals surface area contributed by atoms with Crippen molar-refractivity contribution >= 4 is 0 Å². The Hall–Kier alpha value is -1.73. The van der Waals surface area contributed by atoms with Gasteiger partial charge in [0.2, 0.25) is 0 Å². The first-order valence-corrected chi connectivity index (χ1v) is 5.50. The van der Waals surface area contributed by atoms with Crippen molar-refractivity contribution in [2.75, 3.05) is 27.8 Å². The highest BCUT2D eigenvalue weighted by Gasteiger charge is 2.15. The van der Waals surface area contributed by atoms with Crippen molar-refractivity contribution in [3.05, 3.63) is 23.8 Å². The SMILES string of the molecule is CCOc1ccc(C(C#N)N(C)C)cc1OC. The van der Waals surface area contributed by atoms with Crippen molar-refractivity contribution in [3.8, 4) is 17.6 Å². The second-order valence-electron chi connectivity index (χ2n) is 3.84. The standard InChI is InChI=1S/C13H18N2O2/c1-5-17-12-7-6-10(8-13(12)16-4)11(9-14)15(2)3/h6-8,11H,5H2,1-4H3. The molecule has 1 aromatic rings. The second kappa shape index (κ2) is 6.12. The summed E-state index contributed by atoms with van der Waals surface area (Å²) in [5.74, 6) is 1.36. The molecule has 17 heavy (non-hydrogen) atoms. The zero-order valence-corrected chi connectivity index (χ0v) is 10.7. The van der Waals surface area contributed by atoms with Gasteiger partial charge in [-0.1, -0.05) is 6.07 Å². The highest BCUT2D eigenvalue weighted by molar-refractivity contribution is 5.44. The summed E-state index contributed by atoms with van der Waals surface area (Å²) >= 11 is 0. The number of ether oxygens (including phenoxy) is 2. The number of methoxy groups -OCH3 is 1. The second-order valence-corrected chi connectivity index (χ2v) is 3.84. The van der Waals surface area contributed by atoms with E-state index in [1.807, 2.05) is 44.1 Å². The van der Waals surface area contributed by atoms with E-state index in [9.17, 15) is 0 Å². The topological polar surface area (TPSA) is 45.5 Å². The van der Waals surface area contributed by atoms with Gasteiger partial charge < -0.3 is 9.47 Å². The fourth-order valence-corrected chi connectivity index (χ4v) is 1.62. The van der Waals surface area contributed by atoms with Crippen LogP contribution in [0.15, 0.2) is 18.2 Å². The van der Waals surface area contributed by atoms with Gasteiger partial charge in [0.25, 0.3) is 0 Å². The predicted molar refractivity (Wildman–Crippen MR) is 66.2 cm³/mol. The van der Waals surface area contributed by atoms with Crippen molar-refractivity contribution in [1.29, 1.82) is 5.26 Å². The fraction of sp³-hybridized carbons (Fsp3) is 0.462. The van der Waals surface area contributed by atoms with E-state index in [2.05, 4.69) is 6.07 Å². The Balaban J connectivity index is 3.08. The van der Waals surface area contributed by atoms with Gasteiger partial charge >= 0.3 is 0 Å². The Morgan fingerprint density at radius 2 is 2.06 bits per heavy atom. The van der Waals surface area contributed by atoms with Gasteiger partial charge in [-0.2, -0.15) is 5.26 Å². The lowest BCUT2D eigenvalue weighted by Crippen LogP contribution is -2.18. The molecule has 1 rings (SSSR count). The molecule has 1 aromatic carbocycles. The third kappa shape index (κ3) is 3.11. The van der Waals surface area contributed by atoms with Crippen LogP contribution >= 0.6 is 0 Å². The Morgan fingerprint density at radius 3 is 2.53 bits per heavy atom. The monoisotopic (exact) mass is 234 g/mol. The van der Waals surface area contributed by atoms with Gasteiger partial charge in [-0.15, -0.1) is 0 Å². The van der Waals surface area contributed by atoms with Gasteiger partial charge in [0.15, 0.2) is 11.5 Å². The average Bonchev–Trinajstić information content (AvgIpc) is 2.31. The maximum absolute atomic E-state index is 9.12. The molecule has 0 saturated heterocycles. The van der Waals surface area contributed by atoms with E-state index in [0.29, 0.717) is 18.1 Å². The normalized spacial score (nSPS) is 12.0. The summed E-state index contributed by atoms with van der Waals surface area (Å²) in [5, 5.41) is 9.12. The molecular formula is C13H18N2O2. The quantitative estimate of drug-likeness (QED) is 0.783. The Morgan fingerprint density at radius 1 is 1.35 bits per heavy atom. The Labute approximate surface area is 102 Å². The summed E-state index contributed by atoms with van der Waals surface area (Å²) in [4.78, 5) is 1.86. The molecule has 4 heteroatoms. The van der Waals surface area contributed by atoms with Crippen molar-refractivity contribution in [2.24, 2.45) is 0 Å². The summed E-state index contributed by atoms with van der Waals surface area (Å²) in [6, 6.07) is 7.55. The molecule has 0 aliphatic heterocycles. The zero-order chi connectivity index (χ0) is 12.8. The molecule has 92 valence electrons. The van der Waals surface area contributed by atoms with Crippen molar-refractivity contribution in [2.45, 2.75) is 13.0 Å². The van der Waals surface area contributed by atoms with Crippen molar-refractivity contribution in [1.82, 2.24) is 4.90 Å². The van der Waals surface area contributed by atoms with E-state index in [4.69, 9.17) is 14.7 Å². The van der Waals surface area contributed by atoms with Gasteiger partial charge in [0, 0.05) is 0 Å². The van der Waals surface area contributed by atoms with Crippen molar-refractivity contribution < 1.29 is 9.47 Å². The van der Waals surface area contributed by atoms with Crippen molar-refractivity contribution in [3.63, 3.8) is 0 Å². The molecule has 0 aromatic heterocycles. The van der Waals surface area contributed by atoms with Crippen LogP contribution in [-0.2, 0) is 0 Å². The largest absolute Gasteiger partial charge is 0.493 e. The first kappa shape index (κ1) is 13.3. The lowest BCUT2D eigenvalue weighted by atomic mass is 10.1. The molecular weight excluding hydrogens is 216 g/mol. The Bertz CT molecular complexity index is 410. The van der Waals surface area contributed by atoms with E-state index in [1.54, 1.807) is 7.11 Å². The minimum atomic E-state index is -0.278. The molecule has 1 unspecified atom stereocenters. The predicted octanol–water partition coefficient (Wildman–Crippen LogP) is 2.22. The van der Waals surface area contributed by atoms with Crippen LogP contribution in [0.25, 0.3) is 0 Å². The van der Waals surface area contributed by atoms with Crippen LogP contribution in [0.1, 0.15) is 18.5 Å². The summed E-state index contributed by atoms with van der Waals surface area (Å²) in [6.45, 7) is 2.51. The first-order valence-electron chi connectivity index (χ1n) is 5.50. The summed E-state index contributed by atoms with van der Waals surface area (Å²) < 4.78 is 10.7. The van der Waals surface area contributed by atoms with Crippen LogP contribution in [0, 0.1) is 11.3 Å². The maximum atomic E-state index is 9.12. The lowest BCUT2D eigenvalue weighted by molar-refractivity contribution is 0.309. The van der Waals surface area contributed by atoms with E-state index >= 15 is 0 Å². The van der Waals surface area contributed by atoms with Crippen LogP contribution in [0.5, 0.6) is 11.5 Å². The zero-order valence-electron chi connectivity index (χ0n) is 10.7. The van der Waals surface area contributed by atoms with Crippen LogP contribution in [0.4, 0.5) is 0 Å². The van der Waals surface area contributed by atoms with E-state index in [0.717, 1.165) is 5.56 Å². The summed E-state index contributed by atoms with van der Waals surface area (Å²) in [7, 11) is 5.34. The van der Waals surface area contributed by atoms with Gasteiger partial charge in [-0.3, -0.25) is 4.90 Å².